The second-order valence-electron chi connectivity index (χ2n) is 3.35. The van der Waals surface area contributed by atoms with Crippen molar-refractivity contribution in [2.45, 2.75) is 25.9 Å². The van der Waals surface area contributed by atoms with Crippen LogP contribution in [0.15, 0.2) is 0 Å². The van der Waals surface area contributed by atoms with E-state index in [2.05, 4.69) is 5.32 Å². The standard InChI is InChI=1S/C9H19F3N2/c1-3-6-14(7-4-5-13-2)8-9(10,11)12/h13H,3-8H2,1-2H3. The SMILES string of the molecule is CCCN(CCCNC)CC(F)(F)F. The van der Waals surface area contributed by atoms with E-state index in [9.17, 15) is 13.2 Å². The lowest BCUT2D eigenvalue weighted by Gasteiger charge is -2.22. The summed E-state index contributed by atoms with van der Waals surface area (Å²) in [5.74, 6) is 0. The predicted molar refractivity (Wildman–Crippen MR) is 51.3 cm³/mol. The molecule has 0 aliphatic heterocycles. The number of alkyl halides is 3. The van der Waals surface area contributed by atoms with Gasteiger partial charge in [0.25, 0.3) is 0 Å². The summed E-state index contributed by atoms with van der Waals surface area (Å²) in [6.45, 7) is 2.89. The molecular weight excluding hydrogens is 193 g/mol. The second kappa shape index (κ2) is 7.06. The first-order valence-electron chi connectivity index (χ1n) is 4.93. The Morgan fingerprint density at radius 1 is 1.21 bits per heavy atom. The van der Waals surface area contributed by atoms with Crippen LogP contribution in [0.4, 0.5) is 13.2 Å². The Hall–Kier alpha value is -0.290. The third-order valence-electron chi connectivity index (χ3n) is 1.84. The number of nitrogens with zero attached hydrogens (tertiary/aromatic N) is 1. The molecule has 0 aliphatic carbocycles. The Kier molecular flexibility index (Phi) is 6.92. The third-order valence-corrected chi connectivity index (χ3v) is 1.84. The molecular formula is C9H19F3N2. The van der Waals surface area contributed by atoms with E-state index in [0.29, 0.717) is 13.1 Å². The molecule has 0 bridgehead atoms. The van der Waals surface area contributed by atoms with Gasteiger partial charge in [-0.2, -0.15) is 13.2 Å². The highest BCUT2D eigenvalue weighted by atomic mass is 19.4. The number of hydrogen-bond acceptors (Lipinski definition) is 2. The summed E-state index contributed by atoms with van der Waals surface area (Å²) in [7, 11) is 1.80. The van der Waals surface area contributed by atoms with Crippen LogP contribution in [0.25, 0.3) is 0 Å². The predicted octanol–water partition coefficient (Wildman–Crippen LogP) is 1.87. The van der Waals surface area contributed by atoms with E-state index >= 15 is 0 Å². The normalized spacial score (nSPS) is 12.4. The average Bonchev–Trinajstić information content (AvgIpc) is 2.02. The summed E-state index contributed by atoms with van der Waals surface area (Å²) in [5.41, 5.74) is 0. The van der Waals surface area contributed by atoms with E-state index in [4.69, 9.17) is 0 Å². The van der Waals surface area contributed by atoms with Gasteiger partial charge in [-0.15, -0.1) is 0 Å². The lowest BCUT2D eigenvalue weighted by atomic mass is 10.3. The van der Waals surface area contributed by atoms with E-state index < -0.39 is 12.7 Å². The van der Waals surface area contributed by atoms with E-state index in [1.54, 1.807) is 7.05 Å². The highest BCUT2D eigenvalue weighted by Gasteiger charge is 2.29. The van der Waals surface area contributed by atoms with E-state index in [1.165, 1.54) is 4.90 Å². The molecule has 0 atom stereocenters. The van der Waals surface area contributed by atoms with Crippen LogP contribution in [0.5, 0.6) is 0 Å². The lowest BCUT2D eigenvalue weighted by molar-refractivity contribution is -0.146. The van der Waals surface area contributed by atoms with Crippen LogP contribution >= 0.6 is 0 Å². The van der Waals surface area contributed by atoms with Crippen LogP contribution in [0.2, 0.25) is 0 Å². The molecule has 0 saturated carbocycles. The van der Waals surface area contributed by atoms with Crippen LogP contribution in [0.1, 0.15) is 19.8 Å². The van der Waals surface area contributed by atoms with Crippen LogP contribution in [0, 0.1) is 0 Å². The third kappa shape index (κ3) is 8.31. The lowest BCUT2D eigenvalue weighted by Crippen LogP contribution is -2.36. The minimum atomic E-state index is -4.07. The highest BCUT2D eigenvalue weighted by Crippen LogP contribution is 2.16. The number of hydrogen-bond donors (Lipinski definition) is 1. The van der Waals surface area contributed by atoms with Crippen LogP contribution in [-0.4, -0.2) is 44.3 Å². The van der Waals surface area contributed by atoms with Crippen molar-refractivity contribution in [2.75, 3.05) is 33.2 Å². The number of halogens is 3. The first kappa shape index (κ1) is 13.7. The number of rotatable bonds is 7. The van der Waals surface area contributed by atoms with Gasteiger partial charge in [-0.1, -0.05) is 6.92 Å². The molecule has 0 rings (SSSR count). The first-order valence-corrected chi connectivity index (χ1v) is 4.93. The molecule has 0 saturated heterocycles. The maximum atomic E-state index is 12.1. The Morgan fingerprint density at radius 2 is 1.86 bits per heavy atom. The molecule has 0 aliphatic rings. The van der Waals surface area contributed by atoms with Crippen LogP contribution < -0.4 is 5.32 Å². The van der Waals surface area contributed by atoms with Gasteiger partial charge in [0.15, 0.2) is 0 Å². The minimum Gasteiger partial charge on any atom is -0.320 e. The zero-order chi connectivity index (χ0) is 11.0. The van der Waals surface area contributed by atoms with Crippen molar-refractivity contribution in [2.24, 2.45) is 0 Å². The highest BCUT2D eigenvalue weighted by molar-refractivity contribution is 4.63. The molecule has 0 aromatic rings. The van der Waals surface area contributed by atoms with E-state index in [-0.39, 0.29) is 0 Å². The fraction of sp³-hybridized carbons (Fsp3) is 1.00. The van der Waals surface area contributed by atoms with Crippen LogP contribution in [-0.2, 0) is 0 Å². The Labute approximate surface area is 83.5 Å². The molecule has 0 radical (unpaired) electrons. The van der Waals surface area contributed by atoms with Crippen molar-refractivity contribution in [1.29, 1.82) is 0 Å². The van der Waals surface area contributed by atoms with E-state index in [1.807, 2.05) is 6.92 Å². The number of nitrogens with one attached hydrogen (secondary N) is 1. The maximum Gasteiger partial charge on any atom is 0.401 e. The van der Waals surface area contributed by atoms with Crippen molar-refractivity contribution in [3.63, 3.8) is 0 Å². The quantitative estimate of drug-likeness (QED) is 0.648. The van der Waals surface area contributed by atoms with Crippen molar-refractivity contribution in [3.05, 3.63) is 0 Å². The molecule has 86 valence electrons. The molecule has 5 heteroatoms. The second-order valence-corrected chi connectivity index (χ2v) is 3.35. The van der Waals surface area contributed by atoms with Gasteiger partial charge >= 0.3 is 6.18 Å². The van der Waals surface area contributed by atoms with Gasteiger partial charge in [0.1, 0.15) is 0 Å². The zero-order valence-electron chi connectivity index (χ0n) is 8.82. The summed E-state index contributed by atoms with van der Waals surface area (Å²) < 4.78 is 36.2. The monoisotopic (exact) mass is 212 g/mol. The molecule has 0 unspecified atom stereocenters. The first-order chi connectivity index (χ1) is 6.49. The molecule has 0 amide bonds. The summed E-state index contributed by atoms with van der Waals surface area (Å²) in [4.78, 5) is 1.46. The van der Waals surface area contributed by atoms with Crippen molar-refractivity contribution in [1.82, 2.24) is 10.2 Å². The van der Waals surface area contributed by atoms with Crippen molar-refractivity contribution >= 4 is 0 Å². The zero-order valence-corrected chi connectivity index (χ0v) is 8.82. The molecule has 0 aromatic carbocycles. The summed E-state index contributed by atoms with van der Waals surface area (Å²) in [5, 5.41) is 2.92. The average molecular weight is 212 g/mol. The molecule has 1 N–H and O–H groups in total. The van der Waals surface area contributed by atoms with Gasteiger partial charge in [-0.05, 0) is 39.5 Å². The van der Waals surface area contributed by atoms with Gasteiger partial charge in [0.2, 0.25) is 0 Å². The largest absolute Gasteiger partial charge is 0.401 e. The summed E-state index contributed by atoms with van der Waals surface area (Å²) >= 11 is 0. The van der Waals surface area contributed by atoms with Crippen molar-refractivity contribution in [3.8, 4) is 0 Å². The minimum absolute atomic E-state index is 0.508. The summed E-state index contributed by atoms with van der Waals surface area (Å²) in [6, 6.07) is 0. The molecule has 0 spiro atoms. The smallest absolute Gasteiger partial charge is 0.320 e. The van der Waals surface area contributed by atoms with Gasteiger partial charge in [0, 0.05) is 0 Å². The Bertz CT molecular complexity index is 137. The molecule has 0 heterocycles. The fourth-order valence-corrected chi connectivity index (χ4v) is 1.32. The Balaban J connectivity index is 3.77. The molecule has 0 fully saturated rings. The maximum absolute atomic E-state index is 12.1. The van der Waals surface area contributed by atoms with Gasteiger partial charge in [-0.25, -0.2) is 0 Å². The fourth-order valence-electron chi connectivity index (χ4n) is 1.32. The van der Waals surface area contributed by atoms with E-state index in [0.717, 1.165) is 19.4 Å². The Morgan fingerprint density at radius 3 is 2.29 bits per heavy atom. The molecule has 14 heavy (non-hydrogen) atoms. The van der Waals surface area contributed by atoms with Crippen LogP contribution in [0.3, 0.4) is 0 Å². The van der Waals surface area contributed by atoms with Crippen molar-refractivity contribution < 1.29 is 13.2 Å². The summed E-state index contributed by atoms with van der Waals surface area (Å²) in [6.07, 6.45) is -2.56. The molecule has 0 aromatic heterocycles. The van der Waals surface area contributed by atoms with Gasteiger partial charge in [0.05, 0.1) is 6.54 Å². The van der Waals surface area contributed by atoms with Gasteiger partial charge in [-0.3, -0.25) is 4.90 Å². The van der Waals surface area contributed by atoms with Gasteiger partial charge < -0.3 is 5.32 Å². The topological polar surface area (TPSA) is 15.3 Å². The molecule has 2 nitrogen and oxygen atoms in total.